The molecule has 0 bridgehead atoms. The highest BCUT2D eigenvalue weighted by Crippen LogP contribution is 2.32. The fourth-order valence-corrected chi connectivity index (χ4v) is 5.43. The molecular weight excluding hydrogens is 553 g/mol. The molecule has 2 aliphatic rings. The van der Waals surface area contributed by atoms with Crippen LogP contribution in [0.5, 0.6) is 5.75 Å². The van der Waals surface area contributed by atoms with Crippen LogP contribution in [0.3, 0.4) is 0 Å². The van der Waals surface area contributed by atoms with Gasteiger partial charge in [0.1, 0.15) is 0 Å². The van der Waals surface area contributed by atoms with E-state index in [2.05, 4.69) is 24.7 Å². The second kappa shape index (κ2) is 12.1. The number of nitrogens with one attached hydrogen (secondary N) is 2. The Morgan fingerprint density at radius 2 is 2.00 bits per heavy atom. The van der Waals surface area contributed by atoms with E-state index in [0.717, 1.165) is 50.2 Å². The summed E-state index contributed by atoms with van der Waals surface area (Å²) in [6, 6.07) is 4.29. The molecule has 220 valence electrons. The summed E-state index contributed by atoms with van der Waals surface area (Å²) in [5.41, 5.74) is 0.633. The predicted molar refractivity (Wildman–Crippen MR) is 143 cm³/mol. The molecule has 1 atom stereocenters. The topological polar surface area (TPSA) is 124 Å². The lowest BCUT2D eigenvalue weighted by molar-refractivity contribution is -0.131. The van der Waals surface area contributed by atoms with Gasteiger partial charge in [0, 0.05) is 63.3 Å². The molecule has 4 rings (SSSR count). The summed E-state index contributed by atoms with van der Waals surface area (Å²) >= 11 is 0. The number of piperazine rings is 1. The van der Waals surface area contributed by atoms with Gasteiger partial charge >= 0.3 is 10.5 Å². The Bertz CT molecular complexity index is 1360. The number of carbonyl (C=O) groups excluding carboxylic acids is 2. The van der Waals surface area contributed by atoms with Crippen LogP contribution in [0.4, 0.5) is 18.4 Å². The van der Waals surface area contributed by atoms with Crippen molar-refractivity contribution in [3.8, 4) is 5.75 Å². The zero-order valence-electron chi connectivity index (χ0n) is 22.3. The number of alkyl halides is 2. The minimum absolute atomic E-state index is 0.165. The number of likely N-dealkylation sites (tertiary alicyclic amines) is 1. The van der Waals surface area contributed by atoms with Crippen LogP contribution in [-0.4, -0.2) is 106 Å². The lowest BCUT2D eigenvalue weighted by atomic mass is 10.1. The smallest absolute Gasteiger partial charge is 0.375 e. The minimum atomic E-state index is -5.51. The van der Waals surface area contributed by atoms with Gasteiger partial charge in [-0.05, 0) is 38.1 Å². The van der Waals surface area contributed by atoms with Crippen molar-refractivity contribution in [2.24, 2.45) is 0 Å². The molecule has 2 aromatic rings. The Morgan fingerprint density at radius 3 is 2.65 bits per heavy atom. The molecule has 40 heavy (non-hydrogen) atoms. The fourth-order valence-electron chi connectivity index (χ4n) is 5.09. The number of nitrogens with zero attached hydrogens (tertiary/aromatic N) is 4. The van der Waals surface area contributed by atoms with E-state index >= 15 is 0 Å². The molecule has 2 N–H and O–H groups in total. The van der Waals surface area contributed by atoms with E-state index in [9.17, 15) is 30.7 Å². The van der Waals surface area contributed by atoms with Gasteiger partial charge in [0.05, 0.1) is 30.4 Å². The van der Waals surface area contributed by atoms with Crippen LogP contribution in [0.2, 0.25) is 0 Å². The highest BCUT2D eigenvalue weighted by Gasteiger charge is 2.44. The van der Waals surface area contributed by atoms with Gasteiger partial charge in [0.15, 0.2) is 5.75 Å². The Kier molecular flexibility index (Phi) is 9.05. The summed E-state index contributed by atoms with van der Waals surface area (Å²) in [6.45, 7) is 5.55. The molecule has 1 aromatic carbocycles. The molecular formula is C25H33F3N6O5S. The van der Waals surface area contributed by atoms with Gasteiger partial charge in [-0.15, -0.1) is 0 Å². The van der Waals surface area contributed by atoms with Gasteiger partial charge in [-0.2, -0.15) is 8.42 Å². The van der Waals surface area contributed by atoms with Crippen molar-refractivity contribution in [2.45, 2.75) is 31.7 Å². The van der Waals surface area contributed by atoms with E-state index in [1.54, 1.807) is 18.2 Å². The summed E-state index contributed by atoms with van der Waals surface area (Å²) < 4.78 is 67.9. The van der Waals surface area contributed by atoms with Crippen LogP contribution in [0, 0.1) is 0 Å². The number of halogens is 3. The average molecular weight is 587 g/mol. The number of anilines is 1. The first-order valence-electron chi connectivity index (χ1n) is 13.0. The summed E-state index contributed by atoms with van der Waals surface area (Å²) in [5.74, 6) is -5.37. The zero-order valence-corrected chi connectivity index (χ0v) is 23.1. The average Bonchev–Trinajstić information content (AvgIpc) is 3.18. The Morgan fingerprint density at radius 1 is 1.27 bits per heavy atom. The van der Waals surface area contributed by atoms with Gasteiger partial charge in [-0.3, -0.25) is 14.6 Å². The summed E-state index contributed by atoms with van der Waals surface area (Å²) in [7, 11) is -3.65. The first kappa shape index (κ1) is 29.8. The second-order valence-corrected chi connectivity index (χ2v) is 11.1. The molecule has 2 aliphatic heterocycles. The van der Waals surface area contributed by atoms with Crippen LogP contribution in [-0.2, 0) is 15.3 Å². The van der Waals surface area contributed by atoms with Crippen LogP contribution in [0.1, 0.15) is 30.1 Å². The molecule has 3 heterocycles. The fraction of sp³-hybridized carbons (Fsp3) is 0.560. The number of hydrogen-bond acceptors (Lipinski definition) is 9. The number of hydrogen-bond donors (Lipinski definition) is 2. The Hall–Kier alpha value is -3.17. The maximum atomic E-state index is 13.7. The first-order valence-corrected chi connectivity index (χ1v) is 14.3. The molecule has 15 heteroatoms. The van der Waals surface area contributed by atoms with E-state index in [1.807, 2.05) is 11.9 Å². The standard InChI is InChI=1S/C25H33F3N6O5S/c1-17-13-25(26,27)16-34(17)22(35)15-31-24(36)23-19-12-18(32(2)8-3-9-33-10-6-29-7-11-33)4-5-20(19)30-14-21(23)39-40(28,37)38/h4-5,12,14,17,29H,3,6-11,13,15-16H2,1-2H3,(H,31,36). The monoisotopic (exact) mass is 586 g/mol. The number of rotatable bonds is 10. The molecule has 2 amide bonds. The van der Waals surface area contributed by atoms with E-state index in [-0.39, 0.29) is 10.9 Å². The Labute approximate surface area is 231 Å². The highest BCUT2D eigenvalue weighted by molar-refractivity contribution is 7.81. The van der Waals surface area contributed by atoms with Crippen molar-refractivity contribution in [1.82, 2.24) is 25.4 Å². The molecule has 0 saturated carbocycles. The third kappa shape index (κ3) is 7.52. The first-order chi connectivity index (χ1) is 18.8. The predicted octanol–water partition coefficient (Wildman–Crippen LogP) is 1.55. The quantitative estimate of drug-likeness (QED) is 0.399. The molecule has 0 spiro atoms. The van der Waals surface area contributed by atoms with Crippen molar-refractivity contribution in [3.63, 3.8) is 0 Å². The van der Waals surface area contributed by atoms with Crippen LogP contribution in [0.15, 0.2) is 24.4 Å². The molecule has 11 nitrogen and oxygen atoms in total. The van der Waals surface area contributed by atoms with E-state index in [4.69, 9.17) is 0 Å². The van der Waals surface area contributed by atoms with E-state index in [1.165, 1.54) is 6.92 Å². The van der Waals surface area contributed by atoms with Crippen molar-refractivity contribution < 1.29 is 34.9 Å². The van der Waals surface area contributed by atoms with Crippen molar-refractivity contribution in [3.05, 3.63) is 30.0 Å². The number of amides is 2. The van der Waals surface area contributed by atoms with E-state index in [0.29, 0.717) is 17.7 Å². The summed E-state index contributed by atoms with van der Waals surface area (Å²) in [4.78, 5) is 35.2. The van der Waals surface area contributed by atoms with Gasteiger partial charge in [-0.25, -0.2) is 8.78 Å². The molecule has 0 aliphatic carbocycles. The molecule has 2 fully saturated rings. The van der Waals surface area contributed by atoms with Crippen LogP contribution >= 0.6 is 0 Å². The largest absolute Gasteiger partial charge is 0.488 e. The SMILES string of the molecule is CC1CC(F)(F)CN1C(=O)CNC(=O)c1c(OS(=O)(=O)F)cnc2ccc(N(C)CCCN3CCNCC3)cc12. The summed E-state index contributed by atoms with van der Waals surface area (Å²) in [5, 5.41) is 5.81. The number of fused-ring (bicyclic) bond motifs is 1. The Balaban J connectivity index is 1.55. The van der Waals surface area contributed by atoms with E-state index < -0.39 is 59.5 Å². The molecule has 2 saturated heterocycles. The summed E-state index contributed by atoms with van der Waals surface area (Å²) in [6.07, 6.45) is 1.29. The number of pyridine rings is 1. The van der Waals surface area contributed by atoms with Gasteiger partial charge in [0.25, 0.3) is 11.8 Å². The number of carbonyl (C=O) groups is 2. The zero-order chi connectivity index (χ0) is 29.1. The lowest BCUT2D eigenvalue weighted by Gasteiger charge is -2.28. The van der Waals surface area contributed by atoms with Crippen molar-refractivity contribution in [1.29, 1.82) is 0 Å². The third-order valence-corrected chi connectivity index (χ3v) is 7.48. The maximum Gasteiger partial charge on any atom is 0.488 e. The maximum absolute atomic E-state index is 13.7. The molecule has 1 aromatic heterocycles. The number of aromatic nitrogens is 1. The van der Waals surface area contributed by atoms with Crippen molar-refractivity contribution in [2.75, 3.05) is 64.3 Å². The lowest BCUT2D eigenvalue weighted by Crippen LogP contribution is -2.44. The number of benzene rings is 1. The van der Waals surface area contributed by atoms with Crippen LogP contribution in [0.25, 0.3) is 10.9 Å². The van der Waals surface area contributed by atoms with Gasteiger partial charge in [-0.1, -0.05) is 3.89 Å². The van der Waals surface area contributed by atoms with Gasteiger partial charge < -0.3 is 29.5 Å². The van der Waals surface area contributed by atoms with Crippen molar-refractivity contribution >= 4 is 38.9 Å². The molecule has 0 radical (unpaired) electrons. The minimum Gasteiger partial charge on any atom is -0.375 e. The third-order valence-electron chi connectivity index (χ3n) is 7.10. The normalized spacial score (nSPS) is 19.5. The second-order valence-electron chi connectivity index (χ2n) is 10.2. The molecule has 1 unspecified atom stereocenters. The highest BCUT2D eigenvalue weighted by atomic mass is 32.3. The van der Waals surface area contributed by atoms with Gasteiger partial charge in [0.2, 0.25) is 5.91 Å². The van der Waals surface area contributed by atoms with Crippen LogP contribution < -0.4 is 19.7 Å².